The average molecular weight is 498 g/mol. The maximum atomic E-state index is 13.3. The number of allylic oxidation sites excluding steroid dienone is 1. The van der Waals surface area contributed by atoms with Gasteiger partial charge in [0.25, 0.3) is 5.91 Å². The Morgan fingerprint density at radius 1 is 1.05 bits per heavy atom. The van der Waals surface area contributed by atoms with Gasteiger partial charge >= 0.3 is 5.97 Å². The van der Waals surface area contributed by atoms with Gasteiger partial charge in [-0.1, -0.05) is 48.0 Å². The maximum Gasteiger partial charge on any atom is 0.336 e. The summed E-state index contributed by atoms with van der Waals surface area (Å²) in [6.07, 6.45) is 3.56. The van der Waals surface area contributed by atoms with Gasteiger partial charge in [0, 0.05) is 42.5 Å². The Morgan fingerprint density at radius 2 is 1.84 bits per heavy atom. The second kappa shape index (κ2) is 11.6. The molecule has 37 heavy (non-hydrogen) atoms. The number of nitrogens with one attached hydrogen (secondary N) is 1. The molecule has 1 atom stereocenters. The van der Waals surface area contributed by atoms with Gasteiger partial charge in [0.05, 0.1) is 18.7 Å². The second-order valence-corrected chi connectivity index (χ2v) is 9.11. The summed E-state index contributed by atoms with van der Waals surface area (Å²) in [5.74, 6) is -1.07. The number of hydrogen-bond donors (Lipinski definition) is 1. The SMILES string of the molecule is CCOC(=O)C1=C(C)N(Cc2cccc(C(=O)NCc3cccnc3)c2)C(=O)CC1c1cccc(C)c1. The molecular formula is C30H31N3O4. The minimum absolute atomic E-state index is 0.0801. The van der Waals surface area contributed by atoms with Crippen LogP contribution in [-0.4, -0.2) is 34.3 Å². The lowest BCUT2D eigenvalue weighted by molar-refractivity contribution is -0.140. The van der Waals surface area contributed by atoms with Crippen LogP contribution < -0.4 is 5.32 Å². The molecule has 3 aromatic rings. The third-order valence-electron chi connectivity index (χ3n) is 6.47. The van der Waals surface area contributed by atoms with E-state index in [9.17, 15) is 14.4 Å². The molecule has 2 heterocycles. The first kappa shape index (κ1) is 25.8. The molecule has 0 bridgehead atoms. The molecule has 4 rings (SSSR count). The van der Waals surface area contributed by atoms with E-state index in [0.717, 1.165) is 22.3 Å². The van der Waals surface area contributed by atoms with Gasteiger partial charge in [0.15, 0.2) is 0 Å². The van der Waals surface area contributed by atoms with Crippen molar-refractivity contribution in [1.29, 1.82) is 0 Å². The van der Waals surface area contributed by atoms with Crippen LogP contribution in [0.25, 0.3) is 0 Å². The van der Waals surface area contributed by atoms with Crippen LogP contribution in [0.4, 0.5) is 0 Å². The Balaban J connectivity index is 1.58. The van der Waals surface area contributed by atoms with E-state index in [4.69, 9.17) is 4.74 Å². The van der Waals surface area contributed by atoms with E-state index in [1.807, 2.05) is 49.4 Å². The Labute approximate surface area is 217 Å². The van der Waals surface area contributed by atoms with Crippen molar-refractivity contribution in [2.24, 2.45) is 0 Å². The predicted octanol–water partition coefficient (Wildman–Crippen LogP) is 4.67. The highest BCUT2D eigenvalue weighted by molar-refractivity contribution is 5.96. The molecule has 0 radical (unpaired) electrons. The molecule has 7 nitrogen and oxygen atoms in total. The van der Waals surface area contributed by atoms with E-state index in [-0.39, 0.29) is 37.3 Å². The highest BCUT2D eigenvalue weighted by Crippen LogP contribution is 2.38. The molecule has 1 aromatic heterocycles. The number of aryl methyl sites for hydroxylation is 1. The van der Waals surface area contributed by atoms with Crippen LogP contribution in [0, 0.1) is 6.92 Å². The first-order valence-electron chi connectivity index (χ1n) is 12.4. The number of carbonyl (C=O) groups is 3. The van der Waals surface area contributed by atoms with Gasteiger partial charge in [-0.25, -0.2) is 4.79 Å². The van der Waals surface area contributed by atoms with Crippen LogP contribution >= 0.6 is 0 Å². The van der Waals surface area contributed by atoms with E-state index in [1.165, 1.54) is 0 Å². The minimum Gasteiger partial charge on any atom is -0.463 e. The number of benzene rings is 2. The van der Waals surface area contributed by atoms with Gasteiger partial charge in [0.2, 0.25) is 5.91 Å². The monoisotopic (exact) mass is 497 g/mol. The molecule has 7 heteroatoms. The van der Waals surface area contributed by atoms with Crippen molar-refractivity contribution >= 4 is 17.8 Å². The molecule has 0 saturated heterocycles. The Kier molecular flexibility index (Phi) is 8.13. The first-order valence-corrected chi connectivity index (χ1v) is 12.4. The number of ether oxygens (including phenoxy) is 1. The predicted molar refractivity (Wildman–Crippen MR) is 140 cm³/mol. The number of hydrogen-bond acceptors (Lipinski definition) is 5. The first-order chi connectivity index (χ1) is 17.9. The van der Waals surface area contributed by atoms with Gasteiger partial charge in [0.1, 0.15) is 0 Å². The molecule has 1 aliphatic rings. The normalized spacial score (nSPS) is 15.5. The highest BCUT2D eigenvalue weighted by Gasteiger charge is 2.37. The lowest BCUT2D eigenvalue weighted by Crippen LogP contribution is -2.38. The van der Waals surface area contributed by atoms with Crippen LogP contribution in [0.15, 0.2) is 84.3 Å². The van der Waals surface area contributed by atoms with E-state index in [1.54, 1.807) is 49.3 Å². The lowest BCUT2D eigenvalue weighted by atomic mass is 9.83. The molecule has 0 spiro atoms. The van der Waals surface area contributed by atoms with Crippen LogP contribution in [0.1, 0.15) is 58.8 Å². The molecule has 0 saturated carbocycles. The van der Waals surface area contributed by atoms with E-state index < -0.39 is 5.97 Å². The minimum atomic E-state index is -0.410. The number of nitrogens with zero attached hydrogens (tertiary/aromatic N) is 2. The lowest BCUT2D eigenvalue weighted by Gasteiger charge is -2.34. The fourth-order valence-electron chi connectivity index (χ4n) is 4.63. The fourth-order valence-corrected chi connectivity index (χ4v) is 4.63. The van der Waals surface area contributed by atoms with E-state index in [2.05, 4.69) is 10.3 Å². The van der Waals surface area contributed by atoms with Crippen molar-refractivity contribution in [3.8, 4) is 0 Å². The van der Waals surface area contributed by atoms with Crippen molar-refractivity contribution < 1.29 is 19.1 Å². The quantitative estimate of drug-likeness (QED) is 0.457. The molecule has 0 aliphatic carbocycles. The summed E-state index contributed by atoms with van der Waals surface area (Å²) in [5.41, 5.74) is 5.25. The molecule has 1 N–H and O–H groups in total. The topological polar surface area (TPSA) is 88.6 Å². The summed E-state index contributed by atoms with van der Waals surface area (Å²) in [5, 5.41) is 2.90. The standard InChI is InChI=1S/C30H31N3O4/c1-4-37-30(36)28-21(3)33(27(34)16-26(28)24-11-5-8-20(2)14-24)19-22-9-6-12-25(15-22)29(35)32-18-23-10-7-13-31-17-23/h5-15,17,26H,4,16,18-19H2,1-3H3,(H,32,35). The number of rotatable bonds is 8. The van der Waals surface area contributed by atoms with Crippen molar-refractivity contribution in [1.82, 2.24) is 15.2 Å². The number of carbonyl (C=O) groups excluding carboxylic acids is 3. The second-order valence-electron chi connectivity index (χ2n) is 9.11. The third kappa shape index (κ3) is 6.12. The molecule has 0 fully saturated rings. The highest BCUT2D eigenvalue weighted by atomic mass is 16.5. The zero-order valence-electron chi connectivity index (χ0n) is 21.4. The van der Waals surface area contributed by atoms with Crippen molar-refractivity contribution in [2.45, 2.75) is 46.2 Å². The summed E-state index contributed by atoms with van der Waals surface area (Å²) < 4.78 is 5.39. The van der Waals surface area contributed by atoms with Crippen molar-refractivity contribution in [3.05, 3.63) is 112 Å². The van der Waals surface area contributed by atoms with Crippen molar-refractivity contribution in [3.63, 3.8) is 0 Å². The maximum absolute atomic E-state index is 13.3. The summed E-state index contributed by atoms with van der Waals surface area (Å²) >= 11 is 0. The Hall–Kier alpha value is -4.26. The zero-order valence-corrected chi connectivity index (χ0v) is 21.4. The summed E-state index contributed by atoms with van der Waals surface area (Å²) in [6, 6.07) is 18.8. The smallest absolute Gasteiger partial charge is 0.336 e. The number of amides is 2. The summed E-state index contributed by atoms with van der Waals surface area (Å²) in [6.45, 7) is 6.41. The summed E-state index contributed by atoms with van der Waals surface area (Å²) in [7, 11) is 0. The van der Waals surface area contributed by atoms with Crippen LogP contribution in [0.5, 0.6) is 0 Å². The zero-order chi connectivity index (χ0) is 26.4. The van der Waals surface area contributed by atoms with Gasteiger partial charge < -0.3 is 15.0 Å². The molecule has 2 aromatic carbocycles. The van der Waals surface area contributed by atoms with E-state index in [0.29, 0.717) is 23.4 Å². The Morgan fingerprint density at radius 3 is 2.57 bits per heavy atom. The van der Waals surface area contributed by atoms with Gasteiger partial charge in [-0.2, -0.15) is 0 Å². The number of pyridine rings is 1. The van der Waals surface area contributed by atoms with Gasteiger partial charge in [-0.3, -0.25) is 14.6 Å². The fraction of sp³-hybridized carbons (Fsp3) is 0.267. The number of aromatic nitrogens is 1. The van der Waals surface area contributed by atoms with Gasteiger partial charge in [-0.15, -0.1) is 0 Å². The van der Waals surface area contributed by atoms with Gasteiger partial charge in [-0.05, 0) is 55.7 Å². The van der Waals surface area contributed by atoms with Crippen LogP contribution in [0.2, 0.25) is 0 Å². The molecule has 1 unspecified atom stereocenters. The molecule has 1 aliphatic heterocycles. The average Bonchev–Trinajstić information content (AvgIpc) is 2.90. The van der Waals surface area contributed by atoms with E-state index >= 15 is 0 Å². The van der Waals surface area contributed by atoms with Crippen LogP contribution in [-0.2, 0) is 27.4 Å². The molecular weight excluding hydrogens is 466 g/mol. The van der Waals surface area contributed by atoms with Crippen molar-refractivity contribution in [2.75, 3.05) is 6.61 Å². The number of esters is 1. The van der Waals surface area contributed by atoms with Crippen LogP contribution in [0.3, 0.4) is 0 Å². The summed E-state index contributed by atoms with van der Waals surface area (Å²) in [4.78, 5) is 44.8. The molecule has 2 amide bonds. The largest absolute Gasteiger partial charge is 0.463 e. The third-order valence-corrected chi connectivity index (χ3v) is 6.47. The Bertz CT molecular complexity index is 1330. The molecule has 190 valence electrons.